The third-order valence-corrected chi connectivity index (χ3v) is 2.30. The molecular weight excluding hydrogens is 240 g/mol. The van der Waals surface area contributed by atoms with Gasteiger partial charge < -0.3 is 5.11 Å². The summed E-state index contributed by atoms with van der Waals surface area (Å²) < 4.78 is 25.1. The summed E-state index contributed by atoms with van der Waals surface area (Å²) in [6.07, 6.45) is -2.79. The van der Waals surface area contributed by atoms with Gasteiger partial charge >= 0.3 is 5.97 Å². The van der Waals surface area contributed by atoms with Gasteiger partial charge in [-0.05, 0) is 17.7 Å². The van der Waals surface area contributed by atoms with Crippen molar-refractivity contribution < 1.29 is 18.7 Å². The average Bonchev–Trinajstić information content (AvgIpc) is 2.26. The van der Waals surface area contributed by atoms with E-state index in [4.69, 9.17) is 22.0 Å². The van der Waals surface area contributed by atoms with Gasteiger partial charge in [-0.2, -0.15) is 5.26 Å². The van der Waals surface area contributed by atoms with E-state index in [1.54, 1.807) is 6.07 Å². The molecule has 0 bridgehead atoms. The second-order valence-electron chi connectivity index (χ2n) is 2.95. The number of alkyl halides is 3. The molecule has 0 unspecified atom stereocenters. The van der Waals surface area contributed by atoms with Crippen molar-refractivity contribution in [3.8, 4) is 6.07 Å². The highest BCUT2D eigenvalue weighted by molar-refractivity contribution is 6.17. The summed E-state index contributed by atoms with van der Waals surface area (Å²) in [4.78, 5) is 10.7. The predicted molar refractivity (Wildman–Crippen MR) is 52.6 cm³/mol. The molecule has 0 aliphatic rings. The van der Waals surface area contributed by atoms with Crippen LogP contribution in [0.2, 0.25) is 0 Å². The Kier molecular flexibility index (Phi) is 3.80. The highest BCUT2D eigenvalue weighted by Crippen LogP contribution is 2.27. The Morgan fingerprint density at radius 2 is 2.19 bits per heavy atom. The van der Waals surface area contributed by atoms with Gasteiger partial charge in [-0.15, -0.1) is 11.6 Å². The molecule has 0 atom stereocenters. The zero-order valence-electron chi connectivity index (χ0n) is 7.88. The second-order valence-corrected chi connectivity index (χ2v) is 3.22. The number of benzene rings is 1. The standard InChI is InChI=1S/C10H6ClF2NO2/c11-3-5-1-8(10(15)16)6(4-14)2-7(5)9(12)13/h1-2,9H,3H2,(H,15,16). The maximum atomic E-state index is 12.5. The number of hydrogen-bond donors (Lipinski definition) is 1. The van der Waals surface area contributed by atoms with Crippen LogP contribution >= 0.6 is 11.6 Å². The van der Waals surface area contributed by atoms with Crippen LogP contribution in [-0.2, 0) is 5.88 Å². The summed E-state index contributed by atoms with van der Waals surface area (Å²) in [5.74, 6) is -1.57. The minimum atomic E-state index is -2.79. The lowest BCUT2D eigenvalue weighted by Gasteiger charge is -2.08. The number of halogens is 3. The molecule has 1 aromatic rings. The molecule has 0 spiro atoms. The van der Waals surface area contributed by atoms with Gasteiger partial charge in [0.05, 0.1) is 11.1 Å². The van der Waals surface area contributed by atoms with Gasteiger partial charge in [0.1, 0.15) is 6.07 Å². The minimum Gasteiger partial charge on any atom is -0.478 e. The highest BCUT2D eigenvalue weighted by Gasteiger charge is 2.19. The molecule has 0 aliphatic carbocycles. The topological polar surface area (TPSA) is 61.1 Å². The van der Waals surface area contributed by atoms with E-state index in [2.05, 4.69) is 0 Å². The predicted octanol–water partition coefficient (Wildman–Crippen LogP) is 2.93. The monoisotopic (exact) mass is 245 g/mol. The summed E-state index contributed by atoms with van der Waals surface area (Å²) in [5.41, 5.74) is -0.996. The van der Waals surface area contributed by atoms with Crippen molar-refractivity contribution in [3.63, 3.8) is 0 Å². The molecule has 1 N–H and O–H groups in total. The number of carbonyl (C=O) groups is 1. The molecule has 84 valence electrons. The van der Waals surface area contributed by atoms with E-state index in [1.807, 2.05) is 0 Å². The van der Waals surface area contributed by atoms with Crippen LogP contribution in [0, 0.1) is 11.3 Å². The fraction of sp³-hybridized carbons (Fsp3) is 0.200. The molecule has 0 amide bonds. The number of nitrogens with zero attached hydrogens (tertiary/aromatic N) is 1. The molecule has 1 rings (SSSR count). The Morgan fingerprint density at radius 3 is 2.56 bits per heavy atom. The molecule has 0 heterocycles. The van der Waals surface area contributed by atoms with Gasteiger partial charge in [-0.1, -0.05) is 0 Å². The average molecular weight is 246 g/mol. The normalized spacial score (nSPS) is 10.2. The molecule has 16 heavy (non-hydrogen) atoms. The van der Waals surface area contributed by atoms with E-state index in [0.717, 1.165) is 12.1 Å². The molecule has 1 aromatic carbocycles. The Morgan fingerprint density at radius 1 is 1.56 bits per heavy atom. The third-order valence-electron chi connectivity index (χ3n) is 2.01. The lowest BCUT2D eigenvalue weighted by molar-refractivity contribution is 0.0696. The molecule has 0 radical (unpaired) electrons. The molecule has 3 nitrogen and oxygen atoms in total. The van der Waals surface area contributed by atoms with E-state index in [-0.39, 0.29) is 22.6 Å². The molecule has 6 heteroatoms. The highest BCUT2D eigenvalue weighted by atomic mass is 35.5. The van der Waals surface area contributed by atoms with Crippen molar-refractivity contribution in [2.45, 2.75) is 12.3 Å². The van der Waals surface area contributed by atoms with Crippen LogP contribution in [0.1, 0.15) is 33.5 Å². The van der Waals surface area contributed by atoms with E-state index in [0.29, 0.717) is 0 Å². The zero-order valence-corrected chi connectivity index (χ0v) is 8.63. The molecule has 0 aliphatic heterocycles. The summed E-state index contributed by atoms with van der Waals surface area (Å²) in [6, 6.07) is 3.44. The van der Waals surface area contributed by atoms with Crippen LogP contribution in [0.4, 0.5) is 8.78 Å². The quantitative estimate of drug-likeness (QED) is 0.833. The van der Waals surface area contributed by atoms with Crippen LogP contribution in [0.5, 0.6) is 0 Å². The van der Waals surface area contributed by atoms with E-state index < -0.39 is 18.0 Å². The van der Waals surface area contributed by atoms with Crippen molar-refractivity contribution >= 4 is 17.6 Å². The lowest BCUT2D eigenvalue weighted by Crippen LogP contribution is -2.04. The van der Waals surface area contributed by atoms with Gasteiger partial charge in [0.25, 0.3) is 6.43 Å². The Labute approximate surface area is 94.9 Å². The van der Waals surface area contributed by atoms with Gasteiger partial charge in [-0.3, -0.25) is 0 Å². The maximum Gasteiger partial charge on any atom is 0.337 e. The summed E-state index contributed by atoms with van der Waals surface area (Å²) in [5, 5.41) is 17.4. The van der Waals surface area contributed by atoms with Crippen molar-refractivity contribution in [1.29, 1.82) is 5.26 Å². The molecule has 0 saturated heterocycles. The van der Waals surface area contributed by atoms with Gasteiger partial charge in [0.2, 0.25) is 0 Å². The van der Waals surface area contributed by atoms with E-state index in [9.17, 15) is 13.6 Å². The van der Waals surface area contributed by atoms with Gasteiger partial charge in [0, 0.05) is 11.4 Å². The van der Waals surface area contributed by atoms with E-state index in [1.165, 1.54) is 0 Å². The van der Waals surface area contributed by atoms with Crippen LogP contribution in [0.15, 0.2) is 12.1 Å². The molecule has 0 saturated carbocycles. The first-order chi connectivity index (χ1) is 7.51. The first-order valence-electron chi connectivity index (χ1n) is 4.15. The van der Waals surface area contributed by atoms with Crippen molar-refractivity contribution in [2.75, 3.05) is 0 Å². The van der Waals surface area contributed by atoms with Crippen molar-refractivity contribution in [3.05, 3.63) is 34.4 Å². The van der Waals surface area contributed by atoms with Crippen molar-refractivity contribution in [1.82, 2.24) is 0 Å². The fourth-order valence-electron chi connectivity index (χ4n) is 1.25. The smallest absolute Gasteiger partial charge is 0.337 e. The first-order valence-corrected chi connectivity index (χ1v) is 4.69. The SMILES string of the molecule is N#Cc1cc(C(F)F)c(CCl)cc1C(=O)O. The number of carboxylic acid groups (broad SMARTS) is 1. The Bertz CT molecular complexity index is 469. The number of nitriles is 1. The maximum absolute atomic E-state index is 12.5. The van der Waals surface area contributed by atoms with Crippen LogP contribution < -0.4 is 0 Å². The molecule has 0 fully saturated rings. The van der Waals surface area contributed by atoms with Gasteiger partial charge in [-0.25, -0.2) is 13.6 Å². The number of rotatable bonds is 3. The summed E-state index contributed by atoms with van der Waals surface area (Å²) in [7, 11) is 0. The second kappa shape index (κ2) is 4.90. The van der Waals surface area contributed by atoms with Crippen LogP contribution in [0.3, 0.4) is 0 Å². The zero-order chi connectivity index (χ0) is 12.3. The molecule has 0 aromatic heterocycles. The number of carboxylic acids is 1. The Balaban J connectivity index is 3.48. The summed E-state index contributed by atoms with van der Waals surface area (Å²) >= 11 is 5.44. The van der Waals surface area contributed by atoms with Crippen molar-refractivity contribution in [2.24, 2.45) is 0 Å². The Hall–Kier alpha value is -1.67. The number of aromatic carboxylic acids is 1. The number of hydrogen-bond acceptors (Lipinski definition) is 2. The largest absolute Gasteiger partial charge is 0.478 e. The third kappa shape index (κ3) is 2.28. The van der Waals surface area contributed by atoms with Crippen LogP contribution in [-0.4, -0.2) is 11.1 Å². The lowest BCUT2D eigenvalue weighted by atomic mass is 10.00. The molecular formula is C10H6ClF2NO2. The summed E-state index contributed by atoms with van der Waals surface area (Å²) in [6.45, 7) is 0. The van der Waals surface area contributed by atoms with Gasteiger partial charge in [0.15, 0.2) is 0 Å². The van der Waals surface area contributed by atoms with E-state index >= 15 is 0 Å². The fourth-order valence-corrected chi connectivity index (χ4v) is 1.48. The minimum absolute atomic E-state index is 0.0214. The first kappa shape index (κ1) is 12.4. The van der Waals surface area contributed by atoms with Crippen LogP contribution in [0.25, 0.3) is 0 Å².